The number of hydrogen-bond acceptors (Lipinski definition) is 4. The van der Waals surface area contributed by atoms with E-state index in [4.69, 9.17) is 5.73 Å². The summed E-state index contributed by atoms with van der Waals surface area (Å²) < 4.78 is 4.61. The van der Waals surface area contributed by atoms with Gasteiger partial charge >= 0.3 is 5.97 Å². The minimum absolute atomic E-state index is 0.111. The number of hydrogen-bond donors (Lipinski definition) is 2. The average molecular weight is 188 g/mol. The van der Waals surface area contributed by atoms with Crippen LogP contribution in [0, 0.1) is 0 Å². The lowest BCUT2D eigenvalue weighted by atomic mass is 10.2. The van der Waals surface area contributed by atoms with E-state index in [1.165, 1.54) is 0 Å². The lowest BCUT2D eigenvalue weighted by Gasteiger charge is -2.08. The highest BCUT2D eigenvalue weighted by molar-refractivity contribution is 5.85. The van der Waals surface area contributed by atoms with Gasteiger partial charge in [-0.1, -0.05) is 6.92 Å². The average Bonchev–Trinajstić information content (AvgIpc) is 2.13. The molecule has 1 atom stereocenters. The first kappa shape index (κ1) is 11.9. The van der Waals surface area contributed by atoms with Gasteiger partial charge in [0.2, 0.25) is 5.91 Å². The van der Waals surface area contributed by atoms with Crippen LogP contribution in [-0.2, 0) is 14.3 Å². The number of carbonyl (C=O) groups is 2. The lowest BCUT2D eigenvalue weighted by Crippen LogP contribution is -2.42. The summed E-state index contributed by atoms with van der Waals surface area (Å²) in [5.74, 6) is -0.769. The number of nitrogens with one attached hydrogen (secondary N) is 1. The number of carbonyl (C=O) groups excluding carboxylic acids is 2. The molecule has 0 aliphatic rings. The van der Waals surface area contributed by atoms with E-state index in [-0.39, 0.29) is 12.5 Å². The number of nitrogens with two attached hydrogens (primary N) is 1. The Labute approximate surface area is 77.6 Å². The maximum absolute atomic E-state index is 11.0. The number of esters is 1. The van der Waals surface area contributed by atoms with E-state index >= 15 is 0 Å². The summed E-state index contributed by atoms with van der Waals surface area (Å²) in [6.07, 6.45) is 0.550. The van der Waals surface area contributed by atoms with E-state index in [2.05, 4.69) is 10.1 Å². The van der Waals surface area contributed by atoms with Gasteiger partial charge in [-0.2, -0.15) is 0 Å². The molecular weight excluding hydrogens is 172 g/mol. The molecule has 0 spiro atoms. The van der Waals surface area contributed by atoms with Gasteiger partial charge < -0.3 is 15.8 Å². The minimum Gasteiger partial charge on any atom is -0.465 e. The zero-order valence-corrected chi connectivity index (χ0v) is 8.00. The van der Waals surface area contributed by atoms with Crippen LogP contribution in [-0.4, -0.2) is 31.1 Å². The zero-order valence-electron chi connectivity index (χ0n) is 8.00. The molecule has 0 radical (unpaired) electrons. The van der Waals surface area contributed by atoms with Crippen LogP contribution in [0.1, 0.15) is 20.3 Å². The predicted octanol–water partition coefficient (Wildman–Crippen LogP) is -0.597. The van der Waals surface area contributed by atoms with Crippen LogP contribution < -0.4 is 11.1 Å². The molecule has 0 saturated carbocycles. The molecular formula is C8H16N2O3. The molecule has 5 heteroatoms. The topological polar surface area (TPSA) is 81.4 Å². The third-order valence-corrected chi connectivity index (χ3v) is 1.49. The van der Waals surface area contributed by atoms with Crippen molar-refractivity contribution in [1.29, 1.82) is 0 Å². The van der Waals surface area contributed by atoms with Crippen molar-refractivity contribution in [2.24, 2.45) is 5.73 Å². The van der Waals surface area contributed by atoms with E-state index in [0.717, 1.165) is 0 Å². The van der Waals surface area contributed by atoms with Crippen LogP contribution in [0.4, 0.5) is 0 Å². The molecule has 76 valence electrons. The van der Waals surface area contributed by atoms with Crippen LogP contribution in [0.5, 0.6) is 0 Å². The molecule has 0 bridgehead atoms. The summed E-state index contributed by atoms with van der Waals surface area (Å²) in [6, 6.07) is -0.547. The number of amides is 1. The fourth-order valence-electron chi connectivity index (χ4n) is 0.688. The number of rotatable bonds is 5. The second-order valence-corrected chi connectivity index (χ2v) is 2.54. The van der Waals surface area contributed by atoms with Gasteiger partial charge in [0, 0.05) is 0 Å². The molecule has 5 nitrogen and oxygen atoms in total. The van der Waals surface area contributed by atoms with Crippen LogP contribution in [0.25, 0.3) is 0 Å². The molecule has 0 heterocycles. The molecule has 0 aromatic carbocycles. The Balaban J connectivity index is 3.63. The van der Waals surface area contributed by atoms with Gasteiger partial charge in [0.15, 0.2) is 0 Å². The Kier molecular flexibility index (Phi) is 5.88. The quantitative estimate of drug-likeness (QED) is 0.565. The molecule has 0 unspecified atom stereocenters. The second kappa shape index (κ2) is 6.42. The van der Waals surface area contributed by atoms with Crippen molar-refractivity contribution in [3.63, 3.8) is 0 Å². The smallest absolute Gasteiger partial charge is 0.325 e. The fraction of sp³-hybridized carbons (Fsp3) is 0.750. The maximum atomic E-state index is 11.0. The van der Waals surface area contributed by atoms with Gasteiger partial charge in [-0.05, 0) is 13.3 Å². The van der Waals surface area contributed by atoms with Crippen molar-refractivity contribution in [3.05, 3.63) is 0 Å². The Hall–Kier alpha value is -1.10. The minimum atomic E-state index is -0.547. The monoisotopic (exact) mass is 188 g/mol. The Morgan fingerprint density at radius 3 is 2.54 bits per heavy atom. The molecule has 13 heavy (non-hydrogen) atoms. The SMILES string of the molecule is CCOC(=O)CNC(=O)[C@H](N)CC. The highest BCUT2D eigenvalue weighted by atomic mass is 16.5. The van der Waals surface area contributed by atoms with Gasteiger partial charge in [-0.3, -0.25) is 9.59 Å². The van der Waals surface area contributed by atoms with Gasteiger partial charge in [0.05, 0.1) is 12.6 Å². The largest absolute Gasteiger partial charge is 0.465 e. The fourth-order valence-corrected chi connectivity index (χ4v) is 0.688. The van der Waals surface area contributed by atoms with E-state index < -0.39 is 12.0 Å². The molecule has 3 N–H and O–H groups in total. The molecule has 0 aromatic heterocycles. The first-order valence-corrected chi connectivity index (χ1v) is 4.30. The summed E-state index contributed by atoms with van der Waals surface area (Å²) in [6.45, 7) is 3.71. The highest BCUT2D eigenvalue weighted by Crippen LogP contribution is 1.85. The van der Waals surface area contributed by atoms with Crippen molar-refractivity contribution in [3.8, 4) is 0 Å². The van der Waals surface area contributed by atoms with Crippen LogP contribution in [0.3, 0.4) is 0 Å². The van der Waals surface area contributed by atoms with Gasteiger partial charge in [-0.15, -0.1) is 0 Å². The summed E-state index contributed by atoms with van der Waals surface area (Å²) >= 11 is 0. The van der Waals surface area contributed by atoms with Crippen molar-refractivity contribution >= 4 is 11.9 Å². The summed E-state index contributed by atoms with van der Waals surface area (Å²) in [4.78, 5) is 21.8. The van der Waals surface area contributed by atoms with Crippen LogP contribution in [0.2, 0.25) is 0 Å². The zero-order chi connectivity index (χ0) is 10.3. The van der Waals surface area contributed by atoms with Crippen molar-refractivity contribution in [2.45, 2.75) is 26.3 Å². The standard InChI is InChI=1S/C8H16N2O3/c1-3-6(9)8(12)10-5-7(11)13-4-2/h6H,3-5,9H2,1-2H3,(H,10,12)/t6-/m1/s1. The van der Waals surface area contributed by atoms with Crippen molar-refractivity contribution in [1.82, 2.24) is 5.32 Å². The Morgan fingerprint density at radius 2 is 2.08 bits per heavy atom. The Bertz CT molecular complexity index is 182. The first-order chi connectivity index (χ1) is 6.11. The first-order valence-electron chi connectivity index (χ1n) is 4.30. The highest BCUT2D eigenvalue weighted by Gasteiger charge is 2.11. The van der Waals surface area contributed by atoms with E-state index in [0.29, 0.717) is 13.0 Å². The van der Waals surface area contributed by atoms with E-state index in [1.807, 2.05) is 0 Å². The number of ether oxygens (including phenoxy) is 1. The van der Waals surface area contributed by atoms with Gasteiger partial charge in [0.1, 0.15) is 6.54 Å². The molecule has 0 aliphatic carbocycles. The summed E-state index contributed by atoms with van der Waals surface area (Å²) in [5.41, 5.74) is 5.41. The predicted molar refractivity (Wildman–Crippen MR) is 47.9 cm³/mol. The third-order valence-electron chi connectivity index (χ3n) is 1.49. The lowest BCUT2D eigenvalue weighted by molar-refractivity contribution is -0.143. The van der Waals surface area contributed by atoms with E-state index in [1.54, 1.807) is 13.8 Å². The van der Waals surface area contributed by atoms with Crippen LogP contribution in [0.15, 0.2) is 0 Å². The maximum Gasteiger partial charge on any atom is 0.325 e. The van der Waals surface area contributed by atoms with Crippen molar-refractivity contribution in [2.75, 3.05) is 13.2 Å². The molecule has 0 aliphatic heterocycles. The third kappa shape index (κ3) is 5.19. The van der Waals surface area contributed by atoms with Crippen LogP contribution >= 0.6 is 0 Å². The van der Waals surface area contributed by atoms with Crippen molar-refractivity contribution < 1.29 is 14.3 Å². The summed E-state index contributed by atoms with van der Waals surface area (Å²) in [7, 11) is 0. The van der Waals surface area contributed by atoms with Gasteiger partial charge in [0.25, 0.3) is 0 Å². The second-order valence-electron chi connectivity index (χ2n) is 2.54. The van der Waals surface area contributed by atoms with E-state index in [9.17, 15) is 9.59 Å². The molecule has 0 rings (SSSR count). The Morgan fingerprint density at radius 1 is 1.46 bits per heavy atom. The summed E-state index contributed by atoms with van der Waals surface area (Å²) in [5, 5.41) is 2.38. The van der Waals surface area contributed by atoms with Gasteiger partial charge in [-0.25, -0.2) is 0 Å². The molecule has 0 aromatic rings. The molecule has 0 saturated heterocycles. The molecule has 0 fully saturated rings. The normalized spacial score (nSPS) is 11.9. The molecule has 1 amide bonds.